The Labute approximate surface area is 131 Å². The van der Waals surface area contributed by atoms with Crippen molar-refractivity contribution < 1.29 is 14.3 Å². The molecule has 22 heavy (non-hydrogen) atoms. The maximum absolute atomic E-state index is 13.5. The van der Waals surface area contributed by atoms with Crippen molar-refractivity contribution in [2.45, 2.75) is 57.5 Å². The van der Waals surface area contributed by atoms with Crippen molar-refractivity contribution in [3.05, 3.63) is 24.1 Å². The van der Waals surface area contributed by atoms with Crippen LogP contribution in [0.2, 0.25) is 0 Å². The fraction of sp³-hybridized carbons (Fsp3) is 0.737. The third kappa shape index (κ3) is 1.78. The Kier molecular flexibility index (Phi) is 3.01. The Morgan fingerprint density at radius 2 is 2.00 bits per heavy atom. The first kappa shape index (κ1) is 14.6. The van der Waals surface area contributed by atoms with E-state index in [0.29, 0.717) is 30.6 Å². The highest BCUT2D eigenvalue weighted by molar-refractivity contribution is 5.52. The molecule has 0 amide bonds. The van der Waals surface area contributed by atoms with Crippen LogP contribution in [0.1, 0.15) is 51.9 Å². The number of aldehydes is 1. The second kappa shape index (κ2) is 4.53. The van der Waals surface area contributed by atoms with Gasteiger partial charge in [-0.05, 0) is 79.3 Å². The number of allylic oxidation sites excluding steroid dienone is 4. The average Bonchev–Trinajstić information content (AvgIpc) is 2.44. The molecule has 0 radical (unpaired) electrons. The van der Waals surface area contributed by atoms with Gasteiger partial charge >= 0.3 is 0 Å². The van der Waals surface area contributed by atoms with E-state index in [1.165, 1.54) is 0 Å². The first-order chi connectivity index (χ1) is 10.4. The largest absolute Gasteiger partial charge is 0.390 e. The molecular formula is C19H25FO2. The van der Waals surface area contributed by atoms with Gasteiger partial charge in [-0.2, -0.15) is 0 Å². The van der Waals surface area contributed by atoms with E-state index in [1.54, 1.807) is 12.2 Å². The fourth-order valence-electron chi connectivity index (χ4n) is 6.75. The van der Waals surface area contributed by atoms with Crippen molar-refractivity contribution in [2.24, 2.45) is 28.6 Å². The summed E-state index contributed by atoms with van der Waals surface area (Å²) in [4.78, 5) is 11.6. The second-order valence-electron chi connectivity index (χ2n) is 8.52. The Morgan fingerprint density at radius 1 is 1.32 bits per heavy atom. The van der Waals surface area contributed by atoms with Gasteiger partial charge in [0.15, 0.2) is 0 Å². The molecule has 0 aromatic heterocycles. The molecule has 4 saturated carbocycles. The number of carbonyl (C=O) groups excluding carboxylic acids is 1. The Hall–Kier alpha value is -0.960. The normalized spacial score (nSPS) is 52.7. The van der Waals surface area contributed by atoms with Crippen LogP contribution in [0.5, 0.6) is 0 Å². The second-order valence-corrected chi connectivity index (χ2v) is 8.52. The molecule has 4 bridgehead atoms. The fourth-order valence-corrected chi connectivity index (χ4v) is 6.75. The first-order valence-electron chi connectivity index (χ1n) is 8.62. The van der Waals surface area contributed by atoms with Crippen LogP contribution in [0.15, 0.2) is 24.1 Å². The summed E-state index contributed by atoms with van der Waals surface area (Å²) in [5.74, 6) is 1.23. The zero-order valence-electron chi connectivity index (χ0n) is 13.2. The first-order valence-corrected chi connectivity index (χ1v) is 8.62. The molecule has 2 unspecified atom stereocenters. The van der Waals surface area contributed by atoms with Gasteiger partial charge in [0.25, 0.3) is 0 Å². The lowest BCUT2D eigenvalue weighted by atomic mass is 9.37. The van der Waals surface area contributed by atoms with Crippen LogP contribution < -0.4 is 0 Å². The van der Waals surface area contributed by atoms with E-state index in [9.17, 15) is 14.3 Å². The van der Waals surface area contributed by atoms with E-state index in [2.05, 4.69) is 6.92 Å². The maximum atomic E-state index is 13.5. The van der Waals surface area contributed by atoms with Crippen LogP contribution in [-0.2, 0) is 4.79 Å². The van der Waals surface area contributed by atoms with Gasteiger partial charge in [-0.25, -0.2) is 4.39 Å². The predicted octanol–water partition coefficient (Wildman–Crippen LogP) is 3.95. The van der Waals surface area contributed by atoms with Crippen LogP contribution in [0, 0.1) is 28.6 Å². The zero-order chi connectivity index (χ0) is 15.6. The van der Waals surface area contributed by atoms with Gasteiger partial charge in [-0.3, -0.25) is 0 Å². The molecule has 3 atom stereocenters. The summed E-state index contributed by atoms with van der Waals surface area (Å²) in [5, 5.41) is 10.8. The number of rotatable bonds is 3. The molecule has 3 heteroatoms. The molecule has 4 fully saturated rings. The van der Waals surface area contributed by atoms with E-state index >= 15 is 0 Å². The van der Waals surface area contributed by atoms with Crippen molar-refractivity contribution in [1.82, 2.24) is 0 Å². The Morgan fingerprint density at radius 3 is 2.50 bits per heavy atom. The predicted molar refractivity (Wildman–Crippen MR) is 82.7 cm³/mol. The lowest BCUT2D eigenvalue weighted by Crippen LogP contribution is -2.64. The number of hydrogen-bond donors (Lipinski definition) is 1. The highest BCUT2D eigenvalue weighted by Crippen LogP contribution is 2.71. The molecule has 0 aromatic carbocycles. The Balaban J connectivity index is 1.78. The van der Waals surface area contributed by atoms with Gasteiger partial charge in [0, 0.05) is 6.42 Å². The van der Waals surface area contributed by atoms with E-state index in [1.807, 2.05) is 6.08 Å². The summed E-state index contributed by atoms with van der Waals surface area (Å²) >= 11 is 0. The molecule has 5 aliphatic rings. The molecule has 0 aliphatic heterocycles. The standard InChI is InChI=1S/C19H25FO2/c1-17(4-2-16(20)3-5-17)19(6-7-21)14-8-13-9-15(19)12-18(22,10-13)11-14/h2-4,7,13-15,22H,5-6,8-12H2,1H3/t13?,14?,15?,17-,18-,19-/m0/s1. The minimum absolute atomic E-state index is 0.106. The highest BCUT2D eigenvalue weighted by atomic mass is 19.1. The van der Waals surface area contributed by atoms with E-state index in [-0.39, 0.29) is 16.7 Å². The third-order valence-corrected chi connectivity index (χ3v) is 7.43. The van der Waals surface area contributed by atoms with Crippen molar-refractivity contribution in [3.63, 3.8) is 0 Å². The number of carbonyl (C=O) groups is 1. The molecule has 5 aliphatic carbocycles. The average molecular weight is 304 g/mol. The van der Waals surface area contributed by atoms with Crippen LogP contribution in [0.3, 0.4) is 0 Å². The molecule has 2 nitrogen and oxygen atoms in total. The molecule has 0 saturated heterocycles. The van der Waals surface area contributed by atoms with Crippen LogP contribution in [0.4, 0.5) is 4.39 Å². The molecule has 120 valence electrons. The van der Waals surface area contributed by atoms with Gasteiger partial charge in [-0.1, -0.05) is 13.0 Å². The smallest absolute Gasteiger partial charge is 0.120 e. The van der Waals surface area contributed by atoms with Crippen molar-refractivity contribution in [2.75, 3.05) is 0 Å². The molecule has 5 rings (SSSR count). The minimum atomic E-state index is -0.501. The lowest BCUT2D eigenvalue weighted by molar-refractivity contribution is -0.221. The minimum Gasteiger partial charge on any atom is -0.390 e. The number of hydrogen-bond acceptors (Lipinski definition) is 2. The monoisotopic (exact) mass is 304 g/mol. The summed E-state index contributed by atoms with van der Waals surface area (Å²) in [7, 11) is 0. The quantitative estimate of drug-likeness (QED) is 0.802. The number of halogens is 1. The summed E-state index contributed by atoms with van der Waals surface area (Å²) < 4.78 is 13.5. The molecular weight excluding hydrogens is 279 g/mol. The van der Waals surface area contributed by atoms with Crippen molar-refractivity contribution in [3.8, 4) is 0 Å². The molecule has 0 spiro atoms. The molecule has 0 aromatic rings. The van der Waals surface area contributed by atoms with E-state index in [4.69, 9.17) is 0 Å². The van der Waals surface area contributed by atoms with Crippen molar-refractivity contribution >= 4 is 6.29 Å². The third-order valence-electron chi connectivity index (χ3n) is 7.43. The lowest BCUT2D eigenvalue weighted by Gasteiger charge is -2.68. The van der Waals surface area contributed by atoms with Crippen LogP contribution in [-0.4, -0.2) is 17.0 Å². The van der Waals surface area contributed by atoms with Gasteiger partial charge in [0.1, 0.15) is 12.1 Å². The van der Waals surface area contributed by atoms with Gasteiger partial charge in [0.05, 0.1) is 5.60 Å². The number of aliphatic hydroxyl groups is 1. The van der Waals surface area contributed by atoms with Crippen molar-refractivity contribution in [1.29, 1.82) is 0 Å². The zero-order valence-corrected chi connectivity index (χ0v) is 13.2. The summed E-state index contributed by atoms with van der Waals surface area (Å²) in [6, 6.07) is 0. The topological polar surface area (TPSA) is 37.3 Å². The van der Waals surface area contributed by atoms with Gasteiger partial charge < -0.3 is 9.90 Å². The highest BCUT2D eigenvalue weighted by Gasteiger charge is 2.66. The maximum Gasteiger partial charge on any atom is 0.120 e. The van der Waals surface area contributed by atoms with Crippen LogP contribution in [0.25, 0.3) is 0 Å². The van der Waals surface area contributed by atoms with Gasteiger partial charge in [-0.15, -0.1) is 0 Å². The molecule has 1 N–H and O–H groups in total. The summed E-state index contributed by atoms with van der Waals surface area (Å²) in [5.41, 5.74) is -0.785. The van der Waals surface area contributed by atoms with Crippen LogP contribution >= 0.6 is 0 Å². The molecule has 0 heterocycles. The SMILES string of the molecule is C[C@]1([C@]2(CC=O)C3CC4CC2C[C@@](O)(C4)C3)C=CC(F)=CC1. The Bertz CT molecular complexity index is 548. The summed E-state index contributed by atoms with van der Waals surface area (Å²) in [6.45, 7) is 2.20. The van der Waals surface area contributed by atoms with Gasteiger partial charge in [0.2, 0.25) is 0 Å². The summed E-state index contributed by atoms with van der Waals surface area (Å²) in [6.07, 6.45) is 12.4. The van der Waals surface area contributed by atoms with E-state index in [0.717, 1.165) is 38.4 Å². The van der Waals surface area contributed by atoms with E-state index < -0.39 is 5.60 Å².